The summed E-state index contributed by atoms with van der Waals surface area (Å²) in [6.07, 6.45) is 1.54. The molecule has 0 aliphatic rings. The zero-order valence-electron chi connectivity index (χ0n) is 11.5. The van der Waals surface area contributed by atoms with Gasteiger partial charge in [-0.3, -0.25) is 4.21 Å². The Morgan fingerprint density at radius 3 is 2.86 bits per heavy atom. The Morgan fingerprint density at radius 2 is 2.10 bits per heavy atom. The van der Waals surface area contributed by atoms with E-state index in [1.54, 1.807) is 18.4 Å². The number of aromatic nitrogens is 2. The first kappa shape index (κ1) is 13.8. The van der Waals surface area contributed by atoms with E-state index < -0.39 is 10.8 Å². The van der Waals surface area contributed by atoms with Crippen LogP contribution in [0, 0.1) is 6.92 Å². The molecule has 3 aromatic rings. The first-order valence-corrected chi connectivity index (χ1v) is 7.96. The van der Waals surface area contributed by atoms with Crippen molar-refractivity contribution in [3.8, 4) is 11.6 Å². The van der Waals surface area contributed by atoms with Crippen molar-refractivity contribution < 1.29 is 13.1 Å². The van der Waals surface area contributed by atoms with Gasteiger partial charge in [-0.15, -0.1) is 0 Å². The van der Waals surface area contributed by atoms with E-state index in [1.165, 1.54) is 0 Å². The molecule has 0 spiro atoms. The van der Waals surface area contributed by atoms with Crippen LogP contribution in [0.4, 0.5) is 0 Å². The van der Waals surface area contributed by atoms with Gasteiger partial charge in [-0.25, -0.2) is 0 Å². The second kappa shape index (κ2) is 6.05. The van der Waals surface area contributed by atoms with Crippen LogP contribution < -0.4 is 0 Å². The Balaban J connectivity index is 1.65. The average molecular weight is 302 g/mol. The fraction of sp³-hybridized carbons (Fsp3) is 0.200. The van der Waals surface area contributed by atoms with Gasteiger partial charge in [0.05, 0.1) is 6.26 Å². The van der Waals surface area contributed by atoms with Crippen molar-refractivity contribution in [2.75, 3.05) is 0 Å². The van der Waals surface area contributed by atoms with Crippen LogP contribution in [-0.2, 0) is 22.3 Å². The van der Waals surface area contributed by atoms with E-state index in [1.807, 2.05) is 31.2 Å². The fourth-order valence-corrected chi connectivity index (χ4v) is 3.04. The highest BCUT2D eigenvalue weighted by Gasteiger charge is 2.13. The molecular weight excluding hydrogens is 288 g/mol. The van der Waals surface area contributed by atoms with Crippen molar-refractivity contribution in [1.82, 2.24) is 10.1 Å². The van der Waals surface area contributed by atoms with Gasteiger partial charge in [0.1, 0.15) is 5.75 Å². The molecule has 2 aromatic heterocycles. The zero-order valence-corrected chi connectivity index (χ0v) is 12.3. The molecule has 1 atom stereocenters. The second-order valence-corrected chi connectivity index (χ2v) is 6.16. The molecule has 1 aromatic carbocycles. The lowest BCUT2D eigenvalue weighted by Crippen LogP contribution is -2.00. The summed E-state index contributed by atoms with van der Waals surface area (Å²) in [6, 6.07) is 11.5. The third-order valence-corrected chi connectivity index (χ3v) is 4.13. The summed E-state index contributed by atoms with van der Waals surface area (Å²) in [5.74, 6) is 1.98. The first-order valence-electron chi connectivity index (χ1n) is 6.48. The van der Waals surface area contributed by atoms with Crippen molar-refractivity contribution in [2.45, 2.75) is 18.4 Å². The number of furan rings is 1. The van der Waals surface area contributed by atoms with Crippen LogP contribution in [0.15, 0.2) is 51.6 Å². The fourth-order valence-electron chi connectivity index (χ4n) is 2.00. The SMILES string of the molecule is Cc1cccc(C[S@](=O)Cc2nc(-c3ccco3)no2)c1. The van der Waals surface area contributed by atoms with Gasteiger partial charge in [0.25, 0.3) is 0 Å². The quantitative estimate of drug-likeness (QED) is 0.724. The Hall–Kier alpha value is -2.21. The van der Waals surface area contributed by atoms with E-state index in [0.29, 0.717) is 23.2 Å². The number of benzene rings is 1. The highest BCUT2D eigenvalue weighted by atomic mass is 32.2. The Bertz CT molecular complexity index is 750. The largest absolute Gasteiger partial charge is 0.461 e. The van der Waals surface area contributed by atoms with Gasteiger partial charge >= 0.3 is 0 Å². The van der Waals surface area contributed by atoms with Crippen molar-refractivity contribution >= 4 is 10.8 Å². The van der Waals surface area contributed by atoms with Gasteiger partial charge in [0, 0.05) is 16.6 Å². The summed E-state index contributed by atoms with van der Waals surface area (Å²) in [7, 11) is -1.09. The predicted octanol–water partition coefficient (Wildman–Crippen LogP) is 3.09. The summed E-state index contributed by atoms with van der Waals surface area (Å²) in [5, 5.41) is 3.82. The van der Waals surface area contributed by atoms with Crippen molar-refractivity contribution in [3.05, 3.63) is 59.7 Å². The van der Waals surface area contributed by atoms with Gasteiger partial charge in [0.2, 0.25) is 11.7 Å². The topological polar surface area (TPSA) is 69.1 Å². The maximum Gasteiger partial charge on any atom is 0.239 e. The van der Waals surface area contributed by atoms with Crippen molar-refractivity contribution in [2.24, 2.45) is 0 Å². The number of nitrogens with zero attached hydrogens (tertiary/aromatic N) is 2. The third-order valence-electron chi connectivity index (χ3n) is 2.90. The highest BCUT2D eigenvalue weighted by Crippen LogP contribution is 2.17. The second-order valence-electron chi connectivity index (χ2n) is 4.71. The molecule has 0 saturated carbocycles. The number of rotatable bonds is 5. The standard InChI is InChI=1S/C15H14N2O3S/c1-11-4-2-5-12(8-11)9-21(18)10-14-16-15(17-20-14)13-6-3-7-19-13/h2-8H,9-10H2,1H3/t21-/m0/s1. The van der Waals surface area contributed by atoms with Crippen LogP contribution in [0.25, 0.3) is 11.6 Å². The number of hydrogen-bond donors (Lipinski definition) is 0. The molecule has 0 bridgehead atoms. The molecule has 3 rings (SSSR count). The Labute approximate surface area is 124 Å². The third kappa shape index (κ3) is 3.46. The van der Waals surface area contributed by atoms with Gasteiger partial charge in [-0.05, 0) is 24.6 Å². The lowest BCUT2D eigenvalue weighted by Gasteiger charge is -2.01. The maximum absolute atomic E-state index is 12.1. The van der Waals surface area contributed by atoms with E-state index in [2.05, 4.69) is 10.1 Å². The zero-order chi connectivity index (χ0) is 14.7. The molecule has 0 amide bonds. The van der Waals surface area contributed by atoms with Crippen LogP contribution in [-0.4, -0.2) is 14.3 Å². The van der Waals surface area contributed by atoms with Gasteiger partial charge in [-0.1, -0.05) is 35.0 Å². The van der Waals surface area contributed by atoms with E-state index in [9.17, 15) is 4.21 Å². The molecule has 5 nitrogen and oxygen atoms in total. The van der Waals surface area contributed by atoms with Gasteiger partial charge < -0.3 is 8.94 Å². The molecule has 0 aliphatic heterocycles. The molecule has 0 unspecified atom stereocenters. The highest BCUT2D eigenvalue weighted by molar-refractivity contribution is 7.83. The Morgan fingerprint density at radius 1 is 1.19 bits per heavy atom. The summed E-state index contributed by atoms with van der Waals surface area (Å²) < 4.78 is 22.4. The molecule has 108 valence electrons. The molecule has 0 radical (unpaired) electrons. The maximum atomic E-state index is 12.1. The average Bonchev–Trinajstić information content (AvgIpc) is 3.08. The molecule has 0 aliphatic carbocycles. The predicted molar refractivity (Wildman–Crippen MR) is 78.7 cm³/mol. The van der Waals surface area contributed by atoms with Crippen LogP contribution >= 0.6 is 0 Å². The van der Waals surface area contributed by atoms with Crippen molar-refractivity contribution in [1.29, 1.82) is 0 Å². The minimum Gasteiger partial charge on any atom is -0.461 e. The molecular formula is C15H14N2O3S. The minimum atomic E-state index is -1.09. The van der Waals surface area contributed by atoms with E-state index in [-0.39, 0.29) is 5.75 Å². The lowest BCUT2D eigenvalue weighted by atomic mass is 10.2. The summed E-state index contributed by atoms with van der Waals surface area (Å²) in [4.78, 5) is 4.19. The minimum absolute atomic E-state index is 0.238. The molecule has 0 fully saturated rings. The smallest absolute Gasteiger partial charge is 0.239 e. The van der Waals surface area contributed by atoms with Gasteiger partial charge in [-0.2, -0.15) is 4.98 Å². The molecule has 21 heavy (non-hydrogen) atoms. The van der Waals surface area contributed by atoms with Crippen molar-refractivity contribution in [3.63, 3.8) is 0 Å². The number of hydrogen-bond acceptors (Lipinski definition) is 5. The van der Waals surface area contributed by atoms with Crippen LogP contribution in [0.5, 0.6) is 0 Å². The number of aryl methyl sites for hydroxylation is 1. The molecule has 6 heteroatoms. The summed E-state index contributed by atoms with van der Waals surface area (Å²) >= 11 is 0. The normalized spacial score (nSPS) is 12.4. The molecule has 0 N–H and O–H groups in total. The van der Waals surface area contributed by atoms with E-state index in [4.69, 9.17) is 8.94 Å². The van der Waals surface area contributed by atoms with Crippen LogP contribution in [0.3, 0.4) is 0 Å². The van der Waals surface area contributed by atoms with E-state index in [0.717, 1.165) is 11.1 Å². The Kier molecular flexibility index (Phi) is 3.96. The summed E-state index contributed by atoms with van der Waals surface area (Å²) in [5.41, 5.74) is 2.20. The monoisotopic (exact) mass is 302 g/mol. The summed E-state index contributed by atoms with van der Waals surface area (Å²) in [6.45, 7) is 2.01. The lowest BCUT2D eigenvalue weighted by molar-refractivity contribution is 0.389. The molecule has 2 heterocycles. The first-order chi connectivity index (χ1) is 10.2. The van der Waals surface area contributed by atoms with E-state index >= 15 is 0 Å². The van der Waals surface area contributed by atoms with Crippen LogP contribution in [0.1, 0.15) is 17.0 Å². The van der Waals surface area contributed by atoms with Gasteiger partial charge in [0.15, 0.2) is 5.76 Å². The van der Waals surface area contributed by atoms with Crippen LogP contribution in [0.2, 0.25) is 0 Å². The molecule has 0 saturated heterocycles.